The van der Waals surface area contributed by atoms with Gasteiger partial charge in [0.25, 0.3) is 0 Å². The lowest BCUT2D eigenvalue weighted by Gasteiger charge is -2.71. The van der Waals surface area contributed by atoms with Crippen molar-refractivity contribution in [1.82, 2.24) is 0 Å². The zero-order valence-corrected chi connectivity index (χ0v) is 45.6. The van der Waals surface area contributed by atoms with Crippen molar-refractivity contribution in [2.45, 2.75) is 229 Å². The van der Waals surface area contributed by atoms with Crippen molar-refractivity contribution < 1.29 is 119 Å². The topological polar surface area (TPSA) is 380 Å². The lowest BCUT2D eigenvalue weighted by molar-refractivity contribution is -0.387. The van der Waals surface area contributed by atoms with Gasteiger partial charge in [0.05, 0.1) is 50.5 Å². The second kappa shape index (κ2) is 22.1. The van der Waals surface area contributed by atoms with E-state index in [-0.39, 0.29) is 41.7 Å². The Morgan fingerprint density at radius 3 is 1.76 bits per heavy atom. The number of rotatable bonds is 12. The minimum Gasteiger partial charge on any atom is -0.469 e. The van der Waals surface area contributed by atoms with Gasteiger partial charge in [-0.05, 0) is 111 Å². The number of carbonyl (C=O) groups is 2. The second-order valence-corrected chi connectivity index (χ2v) is 25.7. The third kappa shape index (κ3) is 9.63. The molecule has 8 fully saturated rings. The van der Waals surface area contributed by atoms with E-state index in [9.17, 15) is 76.0 Å². The molecule has 5 aliphatic carbocycles. The quantitative estimate of drug-likeness (QED) is 0.0558. The molecule has 4 saturated heterocycles. The molecule has 4 heterocycles. The molecule has 0 aromatic heterocycles. The van der Waals surface area contributed by atoms with Crippen LogP contribution in [0.3, 0.4) is 0 Å². The van der Waals surface area contributed by atoms with Gasteiger partial charge in [0, 0.05) is 0 Å². The SMILES string of the molecule is COC(=O)[C@]1(C)CC[C@]2(C(=O)O[C@@H]3O[C@H](CO)[C@@H](O)[C@H](O)[C@H]3O)CC[C@]3(C)C(=CC[C@@H]4[C@@]5(C)CC[C@H](O[C@@H]6OC[C@H](O)[C@H](O[C@@H]7O[C@H](CO)[C@@H](O)[C@H](O)[C@H]7O[C@@H]7O[C@H](CO)[C@@H](O)[C@H](O)[C@H]7O)[C@H]6O)C(C)(C)[C@@H]5CC[C@]43C)[C@@H]2C1. The third-order valence-electron chi connectivity index (χ3n) is 21.5. The molecule has 28 atom stereocenters. The molecule has 0 amide bonds. The van der Waals surface area contributed by atoms with Crippen molar-refractivity contribution >= 4 is 11.9 Å². The smallest absolute Gasteiger partial charge is 0.315 e. The maximum atomic E-state index is 14.9. The molecule has 24 nitrogen and oxygen atoms in total. The van der Waals surface area contributed by atoms with E-state index in [0.29, 0.717) is 38.5 Å². The Kier molecular flexibility index (Phi) is 17.2. The molecule has 24 heteroatoms. The van der Waals surface area contributed by atoms with E-state index in [2.05, 4.69) is 40.7 Å². The Hall–Kier alpha value is -2.12. The fraction of sp³-hybridized carbons (Fsp3) is 0.926. The standard InChI is InChI=1S/C54H86O24/c1-49(2)29-10-13-53(6)30(9-8-23-24-18-50(3,47(68)70-7)14-16-54(24,17-15-52(23,53)5)48(69)78-45-39(66)36(63)33(60)27(20-56)73-45)51(29,4)12-11-31(49)75-43-40(67)41(25(58)22-71-43)76-46-42(37(64)34(61)28(21-57)74-46)77-44-38(65)35(62)32(59)26(19-55)72-44/h8,24-46,55-67H,9-22H2,1-7H3/t24-,25-,26+,27+,28+,29-,30+,31-,32+,33+,34+,35-,36-,37-,38+,39+,40+,41-,42+,43-,44-,45-,46-,50+,51-,52+,53+,54-/m0/s1. The van der Waals surface area contributed by atoms with Crippen molar-refractivity contribution in [3.8, 4) is 0 Å². The second-order valence-electron chi connectivity index (χ2n) is 25.7. The van der Waals surface area contributed by atoms with Gasteiger partial charge in [-0.3, -0.25) is 9.59 Å². The van der Waals surface area contributed by atoms with Crippen molar-refractivity contribution in [3.05, 3.63) is 11.6 Å². The van der Waals surface area contributed by atoms with Gasteiger partial charge < -0.3 is 109 Å². The number of fused-ring (bicyclic) bond motifs is 7. The van der Waals surface area contributed by atoms with Crippen molar-refractivity contribution in [3.63, 3.8) is 0 Å². The van der Waals surface area contributed by atoms with Gasteiger partial charge in [-0.25, -0.2) is 0 Å². The van der Waals surface area contributed by atoms with E-state index < -0.39 is 176 Å². The maximum absolute atomic E-state index is 14.9. The molecule has 0 bridgehead atoms. The Labute approximate surface area is 453 Å². The van der Waals surface area contributed by atoms with E-state index in [1.807, 2.05) is 6.92 Å². The Morgan fingerprint density at radius 1 is 0.577 bits per heavy atom. The molecule has 9 rings (SSSR count). The van der Waals surface area contributed by atoms with Crippen LogP contribution in [0, 0.1) is 50.2 Å². The van der Waals surface area contributed by atoms with Gasteiger partial charge >= 0.3 is 11.9 Å². The van der Waals surface area contributed by atoms with Gasteiger partial charge in [-0.1, -0.05) is 46.3 Å². The normalized spacial score (nSPS) is 53.1. The lowest BCUT2D eigenvalue weighted by atomic mass is 9.33. The highest BCUT2D eigenvalue weighted by atomic mass is 16.8. The summed E-state index contributed by atoms with van der Waals surface area (Å²) in [5.41, 5.74) is -2.51. The molecule has 0 aromatic carbocycles. The number of esters is 2. The fourth-order valence-corrected chi connectivity index (χ4v) is 16.5. The third-order valence-corrected chi connectivity index (χ3v) is 21.5. The molecular weight excluding hydrogens is 1030 g/mol. The molecule has 446 valence electrons. The molecule has 4 aliphatic heterocycles. The minimum atomic E-state index is -1.92. The lowest BCUT2D eigenvalue weighted by Crippen LogP contribution is -2.67. The minimum absolute atomic E-state index is 0.0894. The highest BCUT2D eigenvalue weighted by molar-refractivity contribution is 5.81. The maximum Gasteiger partial charge on any atom is 0.315 e. The van der Waals surface area contributed by atoms with Crippen LogP contribution >= 0.6 is 0 Å². The Balaban J connectivity index is 0.933. The Bertz CT molecular complexity index is 2180. The average Bonchev–Trinajstić information content (AvgIpc) is 2.21. The summed E-state index contributed by atoms with van der Waals surface area (Å²) in [6.07, 6.45) is -24.2. The number of allylic oxidation sites excluding steroid dienone is 2. The zero-order chi connectivity index (χ0) is 57.0. The van der Waals surface area contributed by atoms with Crippen molar-refractivity contribution in [2.75, 3.05) is 33.5 Å². The summed E-state index contributed by atoms with van der Waals surface area (Å²) < 4.78 is 53.0. The predicted octanol–water partition coefficient (Wildman–Crippen LogP) is -2.24. The van der Waals surface area contributed by atoms with Gasteiger partial charge in [0.15, 0.2) is 18.9 Å². The summed E-state index contributed by atoms with van der Waals surface area (Å²) in [5.74, 6) is -1.25. The van der Waals surface area contributed by atoms with Gasteiger partial charge in [-0.15, -0.1) is 0 Å². The van der Waals surface area contributed by atoms with Crippen molar-refractivity contribution in [1.29, 1.82) is 0 Å². The monoisotopic (exact) mass is 1120 g/mol. The van der Waals surface area contributed by atoms with E-state index >= 15 is 0 Å². The van der Waals surface area contributed by atoms with Crippen LogP contribution in [0.2, 0.25) is 0 Å². The van der Waals surface area contributed by atoms with Crippen LogP contribution in [0.1, 0.15) is 106 Å². The van der Waals surface area contributed by atoms with Crippen LogP contribution in [0.15, 0.2) is 11.6 Å². The number of aliphatic hydroxyl groups is 13. The van der Waals surface area contributed by atoms with Gasteiger partial charge in [0.1, 0.15) is 91.6 Å². The summed E-state index contributed by atoms with van der Waals surface area (Å²) in [5, 5.41) is 138. The Morgan fingerprint density at radius 2 is 1.14 bits per heavy atom. The summed E-state index contributed by atoms with van der Waals surface area (Å²) >= 11 is 0. The number of carbonyl (C=O) groups excluding carboxylic acids is 2. The van der Waals surface area contributed by atoms with E-state index in [4.69, 9.17) is 42.6 Å². The van der Waals surface area contributed by atoms with Crippen LogP contribution in [-0.2, 0) is 52.2 Å². The van der Waals surface area contributed by atoms with Crippen LogP contribution in [0.25, 0.3) is 0 Å². The first-order valence-corrected chi connectivity index (χ1v) is 27.8. The van der Waals surface area contributed by atoms with Crippen molar-refractivity contribution in [2.24, 2.45) is 50.2 Å². The molecule has 13 N–H and O–H groups in total. The van der Waals surface area contributed by atoms with Crippen LogP contribution in [0.4, 0.5) is 0 Å². The fourth-order valence-electron chi connectivity index (χ4n) is 16.5. The van der Waals surface area contributed by atoms with Crippen LogP contribution in [-0.4, -0.2) is 235 Å². The number of hydrogen-bond acceptors (Lipinski definition) is 24. The molecule has 9 aliphatic rings. The van der Waals surface area contributed by atoms with E-state index in [1.165, 1.54) is 7.11 Å². The number of ether oxygens (including phenoxy) is 9. The zero-order valence-electron chi connectivity index (χ0n) is 45.6. The first-order chi connectivity index (χ1) is 36.6. The van der Waals surface area contributed by atoms with E-state index in [0.717, 1.165) is 24.8 Å². The summed E-state index contributed by atoms with van der Waals surface area (Å²) in [4.78, 5) is 28.4. The first kappa shape index (κ1) is 60.5. The average molecular weight is 1120 g/mol. The number of hydrogen-bond donors (Lipinski definition) is 13. The van der Waals surface area contributed by atoms with Gasteiger partial charge in [-0.2, -0.15) is 0 Å². The predicted molar refractivity (Wildman–Crippen MR) is 263 cm³/mol. The molecule has 0 aromatic rings. The summed E-state index contributed by atoms with van der Waals surface area (Å²) in [6.45, 7) is 10.5. The first-order valence-electron chi connectivity index (χ1n) is 27.8. The molecule has 4 saturated carbocycles. The van der Waals surface area contributed by atoms with Gasteiger partial charge in [0.2, 0.25) is 6.29 Å². The largest absolute Gasteiger partial charge is 0.469 e. The van der Waals surface area contributed by atoms with Crippen LogP contribution in [0.5, 0.6) is 0 Å². The molecule has 0 spiro atoms. The highest BCUT2D eigenvalue weighted by Gasteiger charge is 2.71. The molecule has 0 unspecified atom stereocenters. The summed E-state index contributed by atoms with van der Waals surface area (Å²) in [7, 11) is 1.35. The molecule has 78 heavy (non-hydrogen) atoms. The van der Waals surface area contributed by atoms with Crippen LogP contribution < -0.4 is 0 Å². The summed E-state index contributed by atoms with van der Waals surface area (Å²) in [6, 6.07) is 0. The number of aliphatic hydroxyl groups excluding tert-OH is 13. The van der Waals surface area contributed by atoms with E-state index in [1.54, 1.807) is 0 Å². The molecular formula is C54H86O24. The highest BCUT2D eigenvalue weighted by Crippen LogP contribution is 2.76. The molecule has 0 radical (unpaired) electrons. The number of methoxy groups -OCH3 is 1.